The van der Waals surface area contributed by atoms with Gasteiger partial charge in [0.05, 0.1) is 14.2 Å². The van der Waals surface area contributed by atoms with Crippen LogP contribution in [0.2, 0.25) is 0 Å². The van der Waals surface area contributed by atoms with Crippen molar-refractivity contribution in [2.45, 2.75) is 32.7 Å². The minimum Gasteiger partial charge on any atom is -0.497 e. The Balaban J connectivity index is 3.04. The molecule has 1 aromatic rings. The van der Waals surface area contributed by atoms with Gasteiger partial charge in [0.15, 0.2) is 0 Å². The Morgan fingerprint density at radius 2 is 1.94 bits per heavy atom. The second-order valence-corrected chi connectivity index (χ2v) is 4.01. The van der Waals surface area contributed by atoms with Gasteiger partial charge in [0.25, 0.3) is 0 Å². The second kappa shape index (κ2) is 7.17. The molecule has 0 spiro atoms. The van der Waals surface area contributed by atoms with Crippen molar-refractivity contribution in [1.29, 1.82) is 0 Å². The molecule has 0 saturated carbocycles. The third-order valence-electron chi connectivity index (χ3n) is 2.84. The molecule has 0 aliphatic rings. The lowest BCUT2D eigenvalue weighted by Gasteiger charge is -2.20. The summed E-state index contributed by atoms with van der Waals surface area (Å²) in [6, 6.07) is 6.28. The second-order valence-electron chi connectivity index (χ2n) is 4.01. The molecule has 0 amide bonds. The van der Waals surface area contributed by atoms with Crippen molar-refractivity contribution >= 4 is 0 Å². The van der Waals surface area contributed by atoms with Gasteiger partial charge in [0.1, 0.15) is 11.5 Å². The summed E-state index contributed by atoms with van der Waals surface area (Å²) in [6.07, 6.45) is 2.23. The number of nitrogens with one attached hydrogen (secondary N) is 1. The highest BCUT2D eigenvalue weighted by Crippen LogP contribution is 2.31. The lowest BCUT2D eigenvalue weighted by Crippen LogP contribution is -2.21. The predicted octanol–water partition coefficient (Wildman–Crippen LogP) is 3.15. The molecule has 0 aliphatic carbocycles. The molecule has 0 aromatic heterocycles. The van der Waals surface area contributed by atoms with Crippen LogP contribution < -0.4 is 14.8 Å². The highest BCUT2D eigenvalue weighted by molar-refractivity contribution is 5.42. The van der Waals surface area contributed by atoms with Gasteiger partial charge >= 0.3 is 0 Å². The fraction of sp³-hybridized carbons (Fsp3) is 0.571. The first-order valence-electron chi connectivity index (χ1n) is 6.22. The van der Waals surface area contributed by atoms with Crippen LogP contribution in [0.25, 0.3) is 0 Å². The zero-order valence-corrected chi connectivity index (χ0v) is 11.2. The fourth-order valence-electron chi connectivity index (χ4n) is 2.01. The molecule has 1 atom stereocenters. The molecule has 1 rings (SSSR count). The van der Waals surface area contributed by atoms with Crippen molar-refractivity contribution < 1.29 is 9.47 Å². The minimum absolute atomic E-state index is 0.329. The first-order valence-corrected chi connectivity index (χ1v) is 6.22. The average Bonchev–Trinajstić information content (AvgIpc) is 2.37. The molecule has 1 N–H and O–H groups in total. The summed E-state index contributed by atoms with van der Waals surface area (Å²) in [6.45, 7) is 5.26. The van der Waals surface area contributed by atoms with E-state index in [0.717, 1.165) is 30.9 Å². The van der Waals surface area contributed by atoms with Crippen LogP contribution in [0.5, 0.6) is 11.5 Å². The van der Waals surface area contributed by atoms with Gasteiger partial charge in [-0.1, -0.05) is 20.3 Å². The van der Waals surface area contributed by atoms with E-state index < -0.39 is 0 Å². The summed E-state index contributed by atoms with van der Waals surface area (Å²) in [5.74, 6) is 1.80. The van der Waals surface area contributed by atoms with Crippen LogP contribution in [0.15, 0.2) is 18.2 Å². The molecule has 0 saturated heterocycles. The van der Waals surface area contributed by atoms with Gasteiger partial charge in [-0.05, 0) is 31.2 Å². The van der Waals surface area contributed by atoms with E-state index in [1.54, 1.807) is 14.2 Å². The Bertz CT molecular complexity index is 333. The van der Waals surface area contributed by atoms with E-state index in [-0.39, 0.29) is 0 Å². The van der Waals surface area contributed by atoms with Gasteiger partial charge in [-0.15, -0.1) is 0 Å². The molecule has 0 bridgehead atoms. The minimum atomic E-state index is 0.329. The van der Waals surface area contributed by atoms with Gasteiger partial charge in [0, 0.05) is 11.6 Å². The Labute approximate surface area is 104 Å². The quantitative estimate of drug-likeness (QED) is 0.790. The summed E-state index contributed by atoms with van der Waals surface area (Å²) in [4.78, 5) is 0. The zero-order chi connectivity index (χ0) is 12.7. The zero-order valence-electron chi connectivity index (χ0n) is 11.2. The smallest absolute Gasteiger partial charge is 0.123 e. The molecule has 1 aromatic carbocycles. The van der Waals surface area contributed by atoms with Gasteiger partial charge < -0.3 is 14.8 Å². The lowest BCUT2D eigenvalue weighted by molar-refractivity contribution is 0.386. The topological polar surface area (TPSA) is 30.5 Å². The van der Waals surface area contributed by atoms with Crippen LogP contribution in [0.4, 0.5) is 0 Å². The van der Waals surface area contributed by atoms with Crippen LogP contribution in [0.1, 0.15) is 38.3 Å². The summed E-state index contributed by atoms with van der Waals surface area (Å²) in [7, 11) is 3.40. The maximum atomic E-state index is 5.42. The van der Waals surface area contributed by atoms with Crippen molar-refractivity contribution in [3.63, 3.8) is 0 Å². The van der Waals surface area contributed by atoms with E-state index in [9.17, 15) is 0 Å². The molecule has 0 aliphatic heterocycles. The SMILES string of the molecule is CCCC(NCC)c1cc(OC)ccc1OC. The highest BCUT2D eigenvalue weighted by Gasteiger charge is 2.15. The standard InChI is InChI=1S/C14H23NO2/c1-5-7-13(15-6-2)12-10-11(16-3)8-9-14(12)17-4/h8-10,13,15H,5-7H2,1-4H3. The van der Waals surface area contributed by atoms with E-state index in [2.05, 4.69) is 25.2 Å². The number of hydrogen-bond acceptors (Lipinski definition) is 3. The van der Waals surface area contributed by atoms with Gasteiger partial charge in [0.2, 0.25) is 0 Å². The van der Waals surface area contributed by atoms with E-state index in [1.807, 2.05) is 12.1 Å². The molecular formula is C14H23NO2. The molecule has 17 heavy (non-hydrogen) atoms. The highest BCUT2D eigenvalue weighted by atomic mass is 16.5. The van der Waals surface area contributed by atoms with E-state index in [1.165, 1.54) is 5.56 Å². The molecule has 96 valence electrons. The molecule has 0 fully saturated rings. The van der Waals surface area contributed by atoms with Crippen molar-refractivity contribution in [1.82, 2.24) is 5.32 Å². The van der Waals surface area contributed by atoms with Gasteiger partial charge in [-0.2, -0.15) is 0 Å². The third-order valence-corrected chi connectivity index (χ3v) is 2.84. The first-order chi connectivity index (χ1) is 8.26. The Kier molecular flexibility index (Phi) is 5.84. The Morgan fingerprint density at radius 3 is 2.47 bits per heavy atom. The van der Waals surface area contributed by atoms with Gasteiger partial charge in [-0.25, -0.2) is 0 Å². The van der Waals surface area contributed by atoms with Crippen molar-refractivity contribution in [3.05, 3.63) is 23.8 Å². The van der Waals surface area contributed by atoms with Crippen LogP contribution in [-0.2, 0) is 0 Å². The summed E-state index contributed by atoms with van der Waals surface area (Å²) in [5, 5.41) is 3.49. The lowest BCUT2D eigenvalue weighted by atomic mass is 10.0. The molecule has 1 unspecified atom stereocenters. The predicted molar refractivity (Wildman–Crippen MR) is 70.9 cm³/mol. The summed E-state index contributed by atoms with van der Waals surface area (Å²) >= 11 is 0. The monoisotopic (exact) mass is 237 g/mol. The average molecular weight is 237 g/mol. The largest absolute Gasteiger partial charge is 0.497 e. The molecular weight excluding hydrogens is 214 g/mol. The maximum absolute atomic E-state index is 5.42. The third kappa shape index (κ3) is 3.63. The van der Waals surface area contributed by atoms with Crippen LogP contribution in [-0.4, -0.2) is 20.8 Å². The van der Waals surface area contributed by atoms with Gasteiger partial charge in [-0.3, -0.25) is 0 Å². The first kappa shape index (κ1) is 13.8. The Hall–Kier alpha value is -1.22. The Morgan fingerprint density at radius 1 is 1.18 bits per heavy atom. The van der Waals surface area contributed by atoms with E-state index >= 15 is 0 Å². The summed E-state index contributed by atoms with van der Waals surface area (Å²) in [5.41, 5.74) is 1.18. The molecule has 3 heteroatoms. The number of benzene rings is 1. The number of hydrogen-bond donors (Lipinski definition) is 1. The molecule has 0 heterocycles. The van der Waals surface area contributed by atoms with Crippen molar-refractivity contribution in [2.24, 2.45) is 0 Å². The number of rotatable bonds is 7. The van der Waals surface area contributed by atoms with E-state index in [0.29, 0.717) is 6.04 Å². The van der Waals surface area contributed by atoms with Crippen LogP contribution >= 0.6 is 0 Å². The molecule has 0 radical (unpaired) electrons. The van der Waals surface area contributed by atoms with Crippen molar-refractivity contribution in [2.75, 3.05) is 20.8 Å². The van der Waals surface area contributed by atoms with E-state index in [4.69, 9.17) is 9.47 Å². The van der Waals surface area contributed by atoms with Crippen molar-refractivity contribution in [3.8, 4) is 11.5 Å². The maximum Gasteiger partial charge on any atom is 0.123 e. The van der Waals surface area contributed by atoms with Crippen LogP contribution in [0, 0.1) is 0 Å². The summed E-state index contributed by atoms with van der Waals surface area (Å²) < 4.78 is 10.7. The number of ether oxygens (including phenoxy) is 2. The normalized spacial score (nSPS) is 12.2. The van der Waals surface area contributed by atoms with Crippen LogP contribution in [0.3, 0.4) is 0 Å². The molecule has 3 nitrogen and oxygen atoms in total. The fourth-order valence-corrected chi connectivity index (χ4v) is 2.01. The number of methoxy groups -OCH3 is 2.